The second-order valence-electron chi connectivity index (χ2n) is 6.42. The number of carbonyl (C=O) groups is 1. The minimum absolute atomic E-state index is 0.0227. The molecule has 30 heavy (non-hydrogen) atoms. The fourth-order valence-electron chi connectivity index (χ4n) is 2.57. The third-order valence-corrected chi connectivity index (χ3v) is 4.30. The average Bonchev–Trinajstić information content (AvgIpc) is 3.07. The molecule has 0 spiro atoms. The van der Waals surface area contributed by atoms with Crippen LogP contribution in [-0.2, 0) is 9.53 Å². The molecule has 0 N–H and O–H groups in total. The molecule has 3 rings (SSSR count). The van der Waals surface area contributed by atoms with Crippen LogP contribution in [0.3, 0.4) is 0 Å². The maximum atomic E-state index is 12.2. The number of esters is 1. The van der Waals surface area contributed by atoms with Crippen LogP contribution in [-0.4, -0.2) is 30.5 Å². The third kappa shape index (κ3) is 4.66. The van der Waals surface area contributed by atoms with Crippen LogP contribution < -0.4 is 9.47 Å². The Morgan fingerprint density at radius 2 is 2.07 bits per heavy atom. The van der Waals surface area contributed by atoms with E-state index in [2.05, 4.69) is 11.6 Å². The predicted molar refractivity (Wildman–Crippen MR) is 112 cm³/mol. The Kier molecular flexibility index (Phi) is 6.17. The largest absolute Gasteiger partial charge is 0.493 e. The number of cyclic esters (lactones) is 1. The van der Waals surface area contributed by atoms with E-state index in [0.29, 0.717) is 23.7 Å². The van der Waals surface area contributed by atoms with Crippen molar-refractivity contribution in [2.75, 3.05) is 13.7 Å². The van der Waals surface area contributed by atoms with Crippen molar-refractivity contribution in [3.05, 3.63) is 80.5 Å². The number of aliphatic imine (C=N–C) groups is 1. The topological polar surface area (TPSA) is 100 Å². The average molecular weight is 429 g/mol. The Balaban J connectivity index is 1.90. The number of nitro benzene ring substituents is 1. The summed E-state index contributed by atoms with van der Waals surface area (Å²) in [7, 11) is 1.51. The number of benzene rings is 2. The summed E-state index contributed by atoms with van der Waals surface area (Å²) in [6, 6.07) is 9.17. The second-order valence-corrected chi connectivity index (χ2v) is 6.82. The molecule has 0 unspecified atom stereocenters. The highest BCUT2D eigenvalue weighted by atomic mass is 35.5. The van der Waals surface area contributed by atoms with Crippen molar-refractivity contribution in [3.8, 4) is 11.5 Å². The lowest BCUT2D eigenvalue weighted by molar-refractivity contribution is -0.384. The molecule has 0 radical (unpaired) electrons. The van der Waals surface area contributed by atoms with Crippen LogP contribution in [0.1, 0.15) is 18.1 Å². The molecule has 154 valence electrons. The van der Waals surface area contributed by atoms with Gasteiger partial charge in [0.2, 0.25) is 5.90 Å². The van der Waals surface area contributed by atoms with Gasteiger partial charge in [-0.15, -0.1) is 0 Å². The molecule has 1 heterocycles. The van der Waals surface area contributed by atoms with Crippen molar-refractivity contribution in [3.63, 3.8) is 0 Å². The van der Waals surface area contributed by atoms with Crippen molar-refractivity contribution in [2.45, 2.75) is 6.92 Å². The fourth-order valence-corrected chi connectivity index (χ4v) is 2.76. The van der Waals surface area contributed by atoms with Gasteiger partial charge in [-0.2, -0.15) is 0 Å². The van der Waals surface area contributed by atoms with Crippen molar-refractivity contribution >= 4 is 35.2 Å². The van der Waals surface area contributed by atoms with Gasteiger partial charge in [-0.3, -0.25) is 10.1 Å². The first-order chi connectivity index (χ1) is 14.3. The van der Waals surface area contributed by atoms with E-state index in [-0.39, 0.29) is 27.9 Å². The van der Waals surface area contributed by atoms with Crippen molar-refractivity contribution < 1.29 is 23.9 Å². The van der Waals surface area contributed by atoms with Crippen LogP contribution in [0.2, 0.25) is 5.02 Å². The predicted octanol–water partition coefficient (Wildman–Crippen LogP) is 4.56. The maximum Gasteiger partial charge on any atom is 0.363 e. The Hall–Kier alpha value is -3.65. The van der Waals surface area contributed by atoms with Crippen LogP contribution in [0.4, 0.5) is 5.69 Å². The van der Waals surface area contributed by atoms with Gasteiger partial charge in [0.25, 0.3) is 5.69 Å². The van der Waals surface area contributed by atoms with E-state index < -0.39 is 10.9 Å². The lowest BCUT2D eigenvalue weighted by Gasteiger charge is -2.11. The van der Waals surface area contributed by atoms with E-state index in [1.54, 1.807) is 18.2 Å². The molecular weight excluding hydrogens is 412 g/mol. The summed E-state index contributed by atoms with van der Waals surface area (Å²) in [5.74, 6) is 0.298. The number of hydrogen-bond donors (Lipinski definition) is 0. The Morgan fingerprint density at radius 1 is 1.30 bits per heavy atom. The Labute approximate surface area is 177 Å². The number of halogens is 1. The Morgan fingerprint density at radius 3 is 2.73 bits per heavy atom. The van der Waals surface area contributed by atoms with Gasteiger partial charge in [0.05, 0.1) is 12.0 Å². The summed E-state index contributed by atoms with van der Waals surface area (Å²) < 4.78 is 16.1. The molecule has 0 atom stereocenters. The minimum atomic E-state index is -0.677. The van der Waals surface area contributed by atoms with E-state index >= 15 is 0 Å². The highest BCUT2D eigenvalue weighted by Gasteiger charge is 2.26. The van der Waals surface area contributed by atoms with Crippen molar-refractivity contribution in [1.82, 2.24) is 0 Å². The molecule has 0 aromatic heterocycles. The monoisotopic (exact) mass is 428 g/mol. The van der Waals surface area contributed by atoms with E-state index in [1.807, 2.05) is 6.92 Å². The molecular formula is C21H17ClN2O6. The number of methoxy groups -OCH3 is 1. The van der Waals surface area contributed by atoms with Crippen molar-refractivity contribution in [1.29, 1.82) is 0 Å². The molecule has 0 saturated carbocycles. The molecule has 0 bridgehead atoms. The first-order valence-electron chi connectivity index (χ1n) is 8.70. The summed E-state index contributed by atoms with van der Waals surface area (Å²) in [6.45, 7) is 5.99. The summed E-state index contributed by atoms with van der Waals surface area (Å²) in [4.78, 5) is 26.8. The van der Waals surface area contributed by atoms with E-state index in [1.165, 1.54) is 31.4 Å². The summed E-state index contributed by atoms with van der Waals surface area (Å²) in [6.07, 6.45) is 1.52. The zero-order valence-electron chi connectivity index (χ0n) is 16.2. The fraction of sp³-hybridized carbons (Fsp3) is 0.143. The summed E-state index contributed by atoms with van der Waals surface area (Å²) in [5.41, 5.74) is 1.50. The quantitative estimate of drug-likeness (QED) is 0.211. The first-order valence-corrected chi connectivity index (χ1v) is 9.08. The Bertz CT molecular complexity index is 1110. The zero-order valence-corrected chi connectivity index (χ0v) is 16.9. The molecule has 1 aliphatic heterocycles. The molecule has 0 saturated heterocycles. The molecule has 2 aromatic rings. The number of nitrogens with zero attached hydrogens (tertiary/aromatic N) is 2. The molecule has 9 heteroatoms. The van der Waals surface area contributed by atoms with Crippen LogP contribution in [0, 0.1) is 10.1 Å². The highest BCUT2D eigenvalue weighted by Crippen LogP contribution is 2.31. The van der Waals surface area contributed by atoms with Gasteiger partial charge in [0, 0.05) is 11.6 Å². The number of rotatable bonds is 7. The second kappa shape index (κ2) is 8.79. The van der Waals surface area contributed by atoms with Crippen LogP contribution in [0.25, 0.3) is 6.08 Å². The molecule has 0 amide bonds. The molecule has 0 fully saturated rings. The van der Waals surface area contributed by atoms with Gasteiger partial charge in [-0.25, -0.2) is 9.79 Å². The normalized spacial score (nSPS) is 14.3. The zero-order chi connectivity index (χ0) is 21.8. The maximum absolute atomic E-state index is 12.2. The smallest absolute Gasteiger partial charge is 0.363 e. The number of hydrogen-bond acceptors (Lipinski definition) is 7. The van der Waals surface area contributed by atoms with Gasteiger partial charge in [-0.05, 0) is 48.4 Å². The SMILES string of the molecule is C=C(C)COc1ccc(/C=C2\N=C(c3ccc(Cl)c([N+](=O)[O-])c3)OC2=O)cc1OC. The third-order valence-electron chi connectivity index (χ3n) is 3.98. The van der Waals surface area contributed by atoms with Crippen molar-refractivity contribution in [2.24, 2.45) is 4.99 Å². The minimum Gasteiger partial charge on any atom is -0.493 e. The van der Waals surface area contributed by atoms with Gasteiger partial charge in [-0.1, -0.05) is 24.2 Å². The van der Waals surface area contributed by atoms with Gasteiger partial charge < -0.3 is 14.2 Å². The highest BCUT2D eigenvalue weighted by molar-refractivity contribution is 6.32. The summed E-state index contributed by atoms with van der Waals surface area (Å²) >= 11 is 5.82. The van der Waals surface area contributed by atoms with Gasteiger partial charge >= 0.3 is 5.97 Å². The van der Waals surface area contributed by atoms with Crippen LogP contribution >= 0.6 is 11.6 Å². The lowest BCUT2D eigenvalue weighted by atomic mass is 10.1. The lowest BCUT2D eigenvalue weighted by Crippen LogP contribution is -2.06. The van der Waals surface area contributed by atoms with Gasteiger partial charge in [0.15, 0.2) is 17.2 Å². The summed E-state index contributed by atoms with van der Waals surface area (Å²) in [5, 5.41) is 11.0. The van der Waals surface area contributed by atoms with E-state index in [0.717, 1.165) is 5.57 Å². The molecule has 0 aliphatic carbocycles. The van der Waals surface area contributed by atoms with E-state index in [9.17, 15) is 14.9 Å². The van der Waals surface area contributed by atoms with Gasteiger partial charge in [0.1, 0.15) is 11.6 Å². The number of nitro groups is 1. The number of ether oxygens (including phenoxy) is 3. The number of carbonyl (C=O) groups excluding carboxylic acids is 1. The van der Waals surface area contributed by atoms with Crippen LogP contribution in [0.5, 0.6) is 11.5 Å². The first kappa shape index (κ1) is 21.1. The molecule has 1 aliphatic rings. The van der Waals surface area contributed by atoms with E-state index in [4.69, 9.17) is 25.8 Å². The standard InChI is InChI=1S/C21H17ClN2O6/c1-12(2)11-29-18-7-4-13(9-19(18)28-3)8-16-21(25)30-20(23-16)14-5-6-15(22)17(10-14)24(26)27/h4-10H,1,11H2,2-3H3/b16-8-. The molecule has 2 aromatic carbocycles. The van der Waals surface area contributed by atoms with Crippen LogP contribution in [0.15, 0.2) is 59.2 Å². The molecule has 8 nitrogen and oxygen atoms in total.